The third-order valence-corrected chi connectivity index (χ3v) is 3.93. The third kappa shape index (κ3) is 3.68. The molecule has 1 saturated heterocycles. The molecule has 1 aromatic carbocycles. The first kappa shape index (κ1) is 16.7. The average molecular weight is 343 g/mol. The van der Waals surface area contributed by atoms with E-state index in [1.807, 2.05) is 30.3 Å². The lowest BCUT2D eigenvalue weighted by molar-refractivity contribution is -0.156. The van der Waals surface area contributed by atoms with Gasteiger partial charge in [-0.05, 0) is 0 Å². The highest BCUT2D eigenvalue weighted by molar-refractivity contribution is 5.92. The summed E-state index contributed by atoms with van der Waals surface area (Å²) < 4.78 is 9.96. The Morgan fingerprint density at radius 3 is 2.84 bits per heavy atom. The highest BCUT2D eigenvalue weighted by Crippen LogP contribution is 2.20. The highest BCUT2D eigenvalue weighted by atomic mass is 16.5. The summed E-state index contributed by atoms with van der Waals surface area (Å²) in [5.41, 5.74) is 1.27. The van der Waals surface area contributed by atoms with Crippen molar-refractivity contribution in [3.05, 3.63) is 42.1 Å². The first-order valence-electron chi connectivity index (χ1n) is 7.73. The van der Waals surface area contributed by atoms with Crippen LogP contribution in [0.3, 0.4) is 0 Å². The predicted molar refractivity (Wildman–Crippen MR) is 86.2 cm³/mol. The molecule has 1 aliphatic heterocycles. The van der Waals surface area contributed by atoms with Gasteiger partial charge in [-0.1, -0.05) is 35.5 Å². The molecule has 1 aromatic heterocycles. The second-order valence-corrected chi connectivity index (χ2v) is 5.59. The summed E-state index contributed by atoms with van der Waals surface area (Å²) in [5, 5.41) is 6.45. The summed E-state index contributed by atoms with van der Waals surface area (Å²) >= 11 is 0. The van der Waals surface area contributed by atoms with Crippen molar-refractivity contribution in [2.75, 3.05) is 20.2 Å². The van der Waals surface area contributed by atoms with Crippen LogP contribution in [0, 0.1) is 0 Å². The van der Waals surface area contributed by atoms with Crippen molar-refractivity contribution in [2.45, 2.75) is 12.5 Å². The molecule has 8 nitrogen and oxygen atoms in total. The van der Waals surface area contributed by atoms with Crippen LogP contribution >= 0.6 is 0 Å². The Morgan fingerprint density at radius 1 is 1.36 bits per heavy atom. The van der Waals surface area contributed by atoms with Crippen LogP contribution < -0.4 is 5.32 Å². The zero-order chi connectivity index (χ0) is 17.8. The van der Waals surface area contributed by atoms with Gasteiger partial charge in [0.2, 0.25) is 11.8 Å². The summed E-state index contributed by atoms with van der Waals surface area (Å²) in [7, 11) is 1.24. The van der Waals surface area contributed by atoms with Crippen molar-refractivity contribution in [1.82, 2.24) is 15.4 Å². The van der Waals surface area contributed by atoms with Gasteiger partial charge in [-0.15, -0.1) is 0 Å². The number of aromatic nitrogens is 1. The third-order valence-electron chi connectivity index (χ3n) is 3.93. The monoisotopic (exact) mass is 343 g/mol. The molecule has 0 spiro atoms. The van der Waals surface area contributed by atoms with E-state index in [1.165, 1.54) is 12.0 Å². The molecule has 3 rings (SSSR count). The van der Waals surface area contributed by atoms with Gasteiger partial charge in [0.05, 0.1) is 19.2 Å². The zero-order valence-electron chi connectivity index (χ0n) is 13.6. The van der Waals surface area contributed by atoms with Crippen molar-refractivity contribution in [3.63, 3.8) is 0 Å². The summed E-state index contributed by atoms with van der Waals surface area (Å²) in [5.74, 6) is -0.737. The normalized spacial score (nSPS) is 17.1. The van der Waals surface area contributed by atoms with E-state index in [4.69, 9.17) is 9.26 Å². The number of hydrogen-bond donors (Lipinski definition) is 1. The Labute approximate surface area is 143 Å². The van der Waals surface area contributed by atoms with Crippen molar-refractivity contribution in [2.24, 2.45) is 0 Å². The second-order valence-electron chi connectivity index (χ2n) is 5.59. The van der Waals surface area contributed by atoms with Gasteiger partial charge < -0.3 is 19.5 Å². The molecule has 0 bridgehead atoms. The standard InChI is InChI=1S/C17H17N3O5/c1-24-17(23)13-9-18-15(21)10-20(13)16(22)8-12-7-14(25-19-12)11-5-3-2-4-6-11/h2-7,13H,8-10H2,1H3,(H,18,21)/t13-/m0/s1. The number of esters is 1. The van der Waals surface area contributed by atoms with E-state index in [9.17, 15) is 14.4 Å². The Hall–Kier alpha value is -3.16. The van der Waals surface area contributed by atoms with Crippen LogP contribution in [0.5, 0.6) is 0 Å². The topological polar surface area (TPSA) is 102 Å². The van der Waals surface area contributed by atoms with Crippen LogP contribution in [-0.4, -0.2) is 54.1 Å². The molecule has 1 N–H and O–H groups in total. The maximum atomic E-state index is 12.5. The van der Waals surface area contributed by atoms with Crippen molar-refractivity contribution in [1.29, 1.82) is 0 Å². The molecule has 1 atom stereocenters. The van der Waals surface area contributed by atoms with E-state index in [0.29, 0.717) is 11.5 Å². The van der Waals surface area contributed by atoms with Gasteiger partial charge in [0, 0.05) is 18.2 Å². The summed E-state index contributed by atoms with van der Waals surface area (Å²) in [6.07, 6.45) is -0.0723. The van der Waals surface area contributed by atoms with E-state index >= 15 is 0 Å². The smallest absolute Gasteiger partial charge is 0.330 e. The van der Waals surface area contributed by atoms with Crippen LogP contribution in [0.15, 0.2) is 40.9 Å². The van der Waals surface area contributed by atoms with Crippen molar-refractivity contribution in [3.8, 4) is 11.3 Å². The van der Waals surface area contributed by atoms with E-state index < -0.39 is 17.9 Å². The molecule has 2 heterocycles. The van der Waals surface area contributed by atoms with Crippen LogP contribution in [-0.2, 0) is 25.5 Å². The maximum Gasteiger partial charge on any atom is 0.330 e. The molecular formula is C17H17N3O5. The lowest BCUT2D eigenvalue weighted by Gasteiger charge is -2.33. The Morgan fingerprint density at radius 2 is 2.12 bits per heavy atom. The molecule has 130 valence electrons. The number of rotatable bonds is 4. The molecule has 0 radical (unpaired) electrons. The Balaban J connectivity index is 1.73. The van der Waals surface area contributed by atoms with Gasteiger partial charge in [-0.2, -0.15) is 0 Å². The lowest BCUT2D eigenvalue weighted by atomic mass is 10.1. The van der Waals surface area contributed by atoms with Gasteiger partial charge in [0.1, 0.15) is 12.6 Å². The van der Waals surface area contributed by atoms with Crippen molar-refractivity contribution < 1.29 is 23.6 Å². The van der Waals surface area contributed by atoms with Crippen LogP contribution in [0.25, 0.3) is 11.3 Å². The largest absolute Gasteiger partial charge is 0.467 e. The number of piperazine rings is 1. The quantitative estimate of drug-likeness (QED) is 0.806. The number of nitrogens with one attached hydrogen (secondary N) is 1. The Kier molecular flexibility index (Phi) is 4.78. The van der Waals surface area contributed by atoms with E-state index in [2.05, 4.69) is 10.5 Å². The molecule has 8 heteroatoms. The minimum atomic E-state index is -0.837. The van der Waals surface area contributed by atoms with E-state index in [-0.39, 0.29) is 25.4 Å². The number of benzene rings is 1. The number of methoxy groups -OCH3 is 1. The molecular weight excluding hydrogens is 326 g/mol. The fraction of sp³-hybridized carbons (Fsp3) is 0.294. The minimum absolute atomic E-state index is 0.0331. The summed E-state index contributed by atoms with van der Waals surface area (Å²) in [6.45, 7) is -0.159. The van der Waals surface area contributed by atoms with E-state index in [1.54, 1.807) is 6.07 Å². The summed E-state index contributed by atoms with van der Waals surface area (Å²) in [6, 6.07) is 10.2. The number of amides is 2. The summed E-state index contributed by atoms with van der Waals surface area (Å²) in [4.78, 5) is 37.2. The highest BCUT2D eigenvalue weighted by Gasteiger charge is 2.36. The van der Waals surface area contributed by atoms with Crippen molar-refractivity contribution >= 4 is 17.8 Å². The minimum Gasteiger partial charge on any atom is -0.467 e. The average Bonchev–Trinajstić information content (AvgIpc) is 3.10. The predicted octanol–water partition coefficient (Wildman–Crippen LogP) is 0.384. The van der Waals surface area contributed by atoms with Crippen LogP contribution in [0.4, 0.5) is 0 Å². The fourth-order valence-electron chi connectivity index (χ4n) is 2.64. The molecule has 0 aliphatic carbocycles. The molecule has 0 unspecified atom stereocenters. The van der Waals surface area contributed by atoms with Gasteiger partial charge in [-0.3, -0.25) is 9.59 Å². The Bertz CT molecular complexity index is 787. The number of ether oxygens (including phenoxy) is 1. The second kappa shape index (κ2) is 7.16. The lowest BCUT2D eigenvalue weighted by Crippen LogP contribution is -2.59. The maximum absolute atomic E-state index is 12.5. The number of nitrogens with zero attached hydrogens (tertiary/aromatic N) is 2. The SMILES string of the molecule is COC(=O)[C@@H]1CNC(=O)CN1C(=O)Cc1cc(-c2ccccc2)on1. The number of carbonyl (C=O) groups excluding carboxylic acids is 3. The van der Waals surface area contributed by atoms with Gasteiger partial charge in [0.25, 0.3) is 0 Å². The van der Waals surface area contributed by atoms with E-state index in [0.717, 1.165) is 5.56 Å². The fourth-order valence-corrected chi connectivity index (χ4v) is 2.64. The van der Waals surface area contributed by atoms with Gasteiger partial charge >= 0.3 is 5.97 Å². The number of hydrogen-bond acceptors (Lipinski definition) is 6. The molecule has 1 aliphatic rings. The molecule has 25 heavy (non-hydrogen) atoms. The van der Waals surface area contributed by atoms with Gasteiger partial charge in [0.15, 0.2) is 5.76 Å². The van der Waals surface area contributed by atoms with Gasteiger partial charge in [-0.25, -0.2) is 4.79 Å². The first-order valence-corrected chi connectivity index (χ1v) is 7.73. The zero-order valence-corrected chi connectivity index (χ0v) is 13.6. The first-order chi connectivity index (χ1) is 12.1. The molecule has 0 saturated carbocycles. The van der Waals surface area contributed by atoms with Crippen LogP contribution in [0.1, 0.15) is 5.69 Å². The molecule has 2 amide bonds. The molecule has 1 fully saturated rings. The molecule has 2 aromatic rings. The number of carbonyl (C=O) groups is 3. The van der Waals surface area contributed by atoms with Crippen LogP contribution in [0.2, 0.25) is 0 Å².